The molecule has 0 aliphatic carbocycles. The molecule has 1 atom stereocenters. The lowest BCUT2D eigenvalue weighted by Crippen LogP contribution is -2.18. The fourth-order valence-corrected chi connectivity index (χ4v) is 3.38. The quantitative estimate of drug-likeness (QED) is 0.141. The fraction of sp³-hybridized carbons (Fsp3) is 0.657. The van der Waals surface area contributed by atoms with Gasteiger partial charge in [-0.3, -0.25) is 4.79 Å². The van der Waals surface area contributed by atoms with Gasteiger partial charge < -0.3 is 21.1 Å². The normalized spacial score (nSPS) is 10.8. The van der Waals surface area contributed by atoms with Gasteiger partial charge >= 0.3 is 0 Å². The van der Waals surface area contributed by atoms with Crippen LogP contribution in [0.4, 0.5) is 11.5 Å². The van der Waals surface area contributed by atoms with Gasteiger partial charge in [0, 0.05) is 31.5 Å². The number of benzene rings is 1. The first-order chi connectivity index (χ1) is 19.6. The molecule has 2 rings (SSSR count). The molecule has 0 radical (unpaired) electrons. The Hall–Kier alpha value is -2.44. The van der Waals surface area contributed by atoms with E-state index < -0.39 is 0 Å². The van der Waals surface area contributed by atoms with Crippen molar-refractivity contribution in [2.75, 3.05) is 37.4 Å². The number of carbonyl (C=O) groups is 1. The third kappa shape index (κ3) is 22.9. The van der Waals surface area contributed by atoms with Gasteiger partial charge in [0.2, 0.25) is 5.91 Å². The van der Waals surface area contributed by atoms with Crippen molar-refractivity contribution in [3.05, 3.63) is 43.0 Å². The number of rotatable bonds is 13. The summed E-state index contributed by atoms with van der Waals surface area (Å²) >= 11 is 0. The fourth-order valence-electron chi connectivity index (χ4n) is 3.38. The number of unbranched alkanes of at least 4 members (excludes halogenated alkanes) is 1. The van der Waals surface area contributed by atoms with E-state index in [-0.39, 0.29) is 23.8 Å². The minimum atomic E-state index is 0.0301. The number of hydrogen-bond acceptors (Lipinski definition) is 5. The van der Waals surface area contributed by atoms with Crippen LogP contribution in [0.1, 0.15) is 108 Å². The second kappa shape index (κ2) is 27.7. The molecule has 0 bridgehead atoms. The van der Waals surface area contributed by atoms with Crippen LogP contribution in [0.25, 0.3) is 10.9 Å². The van der Waals surface area contributed by atoms with Gasteiger partial charge in [-0.2, -0.15) is 0 Å². The Kier molecular flexibility index (Phi) is 29.1. The average molecular weight is 575 g/mol. The molecular formula is C35H66N4O2. The number of allylic oxidation sites excluding steroid dienone is 1. The number of fused-ring (bicyclic) bond motifs is 1. The lowest BCUT2D eigenvalue weighted by molar-refractivity contribution is -0.116. The van der Waals surface area contributed by atoms with Crippen molar-refractivity contribution in [1.82, 2.24) is 10.3 Å². The highest BCUT2D eigenvalue weighted by Crippen LogP contribution is 2.25. The lowest BCUT2D eigenvalue weighted by Gasteiger charge is -2.14. The van der Waals surface area contributed by atoms with Crippen LogP contribution in [0.3, 0.4) is 0 Å². The standard InChI is InChI=1S/C24H36N4O.C5H12O.3C2H6/c1-5-19(10-7-6-9-18(2)3)17-24(29)28-22-12-8-11-21-20(22)13-14-23(27-21)26-16-15-25-4;1-5(2,3)4-6;3*1-2/h5,8,11-14,18-19,25H,1,6-7,9-10,15-17H2,2-4H3,(H,26,27)(H,28,29);6H,4H2,1-3H3;3*1-2H3. The molecule has 0 saturated heterocycles. The summed E-state index contributed by atoms with van der Waals surface area (Å²) < 4.78 is 0. The number of likely N-dealkylation sites (N-methyl/N-ethyl adjacent to an activating group) is 1. The number of nitrogens with one attached hydrogen (secondary N) is 3. The Morgan fingerprint density at radius 1 is 0.976 bits per heavy atom. The minimum Gasteiger partial charge on any atom is -0.396 e. The molecule has 238 valence electrons. The molecule has 0 aliphatic rings. The number of aliphatic hydroxyl groups excluding tert-OH is 1. The number of aromatic nitrogens is 1. The van der Waals surface area contributed by atoms with Gasteiger partial charge in [0.05, 0.1) is 11.2 Å². The highest BCUT2D eigenvalue weighted by molar-refractivity contribution is 6.01. The Bertz CT molecular complexity index is 891. The summed E-state index contributed by atoms with van der Waals surface area (Å²) in [4.78, 5) is 17.3. The maximum Gasteiger partial charge on any atom is 0.224 e. The van der Waals surface area contributed by atoms with E-state index in [2.05, 4.69) is 41.4 Å². The van der Waals surface area contributed by atoms with Gasteiger partial charge in [-0.15, -0.1) is 6.58 Å². The molecule has 6 heteroatoms. The van der Waals surface area contributed by atoms with Gasteiger partial charge in [-0.25, -0.2) is 4.98 Å². The Morgan fingerprint density at radius 3 is 2.07 bits per heavy atom. The summed E-state index contributed by atoms with van der Waals surface area (Å²) in [5.74, 6) is 1.82. The molecule has 6 nitrogen and oxygen atoms in total. The molecule has 1 aromatic heterocycles. The van der Waals surface area contributed by atoms with Crippen molar-refractivity contribution < 1.29 is 9.90 Å². The summed E-state index contributed by atoms with van der Waals surface area (Å²) in [6.07, 6.45) is 7.00. The highest BCUT2D eigenvalue weighted by atomic mass is 16.3. The van der Waals surface area contributed by atoms with Gasteiger partial charge in [-0.05, 0) is 55.0 Å². The topological polar surface area (TPSA) is 86.3 Å². The van der Waals surface area contributed by atoms with Crippen LogP contribution in [-0.2, 0) is 4.79 Å². The third-order valence-electron chi connectivity index (χ3n) is 5.55. The molecule has 1 aromatic carbocycles. The lowest BCUT2D eigenvalue weighted by atomic mass is 9.96. The van der Waals surface area contributed by atoms with E-state index in [1.54, 1.807) is 0 Å². The van der Waals surface area contributed by atoms with Crippen LogP contribution in [0, 0.1) is 17.3 Å². The van der Waals surface area contributed by atoms with E-state index >= 15 is 0 Å². The molecule has 0 aliphatic heterocycles. The minimum absolute atomic E-state index is 0.0301. The summed E-state index contributed by atoms with van der Waals surface area (Å²) in [5, 5.41) is 18.8. The molecule has 0 fully saturated rings. The Labute approximate surface area is 254 Å². The van der Waals surface area contributed by atoms with Crippen molar-refractivity contribution in [2.45, 2.75) is 108 Å². The third-order valence-corrected chi connectivity index (χ3v) is 5.55. The molecule has 41 heavy (non-hydrogen) atoms. The second-order valence-corrected chi connectivity index (χ2v) is 10.7. The number of pyridine rings is 1. The van der Waals surface area contributed by atoms with E-state index in [9.17, 15) is 4.79 Å². The van der Waals surface area contributed by atoms with Gasteiger partial charge in [0.15, 0.2) is 0 Å². The molecular weight excluding hydrogens is 508 g/mol. The zero-order chi connectivity index (χ0) is 32.3. The van der Waals surface area contributed by atoms with E-state index in [0.717, 1.165) is 54.3 Å². The largest absolute Gasteiger partial charge is 0.396 e. The van der Waals surface area contributed by atoms with Crippen molar-refractivity contribution >= 4 is 28.3 Å². The summed E-state index contributed by atoms with van der Waals surface area (Å²) in [5.41, 5.74) is 1.77. The average Bonchev–Trinajstić information content (AvgIpc) is 2.98. The van der Waals surface area contributed by atoms with E-state index in [1.807, 2.05) is 106 Å². The molecule has 0 saturated carbocycles. The highest BCUT2D eigenvalue weighted by Gasteiger charge is 2.13. The SMILES string of the molecule is C=CC(CCCCC(C)C)CC(=O)Nc1cccc2nc(NCCNC)ccc12.CC.CC.CC.CC(C)(C)CO. The first kappa shape index (κ1) is 43.0. The van der Waals surface area contributed by atoms with Crippen LogP contribution < -0.4 is 16.0 Å². The zero-order valence-corrected chi connectivity index (χ0v) is 28.8. The van der Waals surface area contributed by atoms with Crippen molar-refractivity contribution in [3.63, 3.8) is 0 Å². The number of aliphatic hydroxyl groups is 1. The summed E-state index contributed by atoms with van der Waals surface area (Å²) in [6, 6.07) is 9.79. The van der Waals surface area contributed by atoms with Crippen LogP contribution in [0.2, 0.25) is 0 Å². The number of nitrogens with zero attached hydrogens (tertiary/aromatic N) is 1. The monoisotopic (exact) mass is 575 g/mol. The van der Waals surface area contributed by atoms with Crippen molar-refractivity contribution in [2.24, 2.45) is 17.3 Å². The van der Waals surface area contributed by atoms with Crippen LogP contribution in [-0.4, -0.2) is 42.7 Å². The van der Waals surface area contributed by atoms with Crippen LogP contribution in [0.15, 0.2) is 43.0 Å². The van der Waals surface area contributed by atoms with Crippen LogP contribution in [0.5, 0.6) is 0 Å². The van der Waals surface area contributed by atoms with E-state index in [0.29, 0.717) is 6.42 Å². The van der Waals surface area contributed by atoms with Gasteiger partial charge in [0.25, 0.3) is 0 Å². The summed E-state index contributed by atoms with van der Waals surface area (Å²) in [7, 11) is 1.92. The number of anilines is 2. The molecule has 1 heterocycles. The van der Waals surface area contributed by atoms with Crippen molar-refractivity contribution in [3.8, 4) is 0 Å². The maximum atomic E-state index is 12.6. The smallest absolute Gasteiger partial charge is 0.224 e. The molecule has 1 unspecified atom stereocenters. The first-order valence-electron chi connectivity index (χ1n) is 15.9. The molecule has 1 amide bonds. The second-order valence-electron chi connectivity index (χ2n) is 10.7. The van der Waals surface area contributed by atoms with Crippen LogP contribution >= 0.6 is 0 Å². The zero-order valence-electron chi connectivity index (χ0n) is 28.8. The van der Waals surface area contributed by atoms with E-state index in [1.165, 1.54) is 12.8 Å². The number of carbonyl (C=O) groups excluding carboxylic acids is 1. The first-order valence-corrected chi connectivity index (χ1v) is 15.9. The number of hydrogen-bond donors (Lipinski definition) is 4. The molecule has 2 aromatic rings. The Balaban J connectivity index is -0.00000103. The summed E-state index contributed by atoms with van der Waals surface area (Å²) in [6.45, 7) is 28.4. The number of amides is 1. The molecule has 4 N–H and O–H groups in total. The van der Waals surface area contributed by atoms with E-state index in [4.69, 9.17) is 5.11 Å². The van der Waals surface area contributed by atoms with Crippen molar-refractivity contribution in [1.29, 1.82) is 0 Å². The predicted molar refractivity (Wildman–Crippen MR) is 185 cm³/mol. The van der Waals surface area contributed by atoms with Gasteiger partial charge in [0.1, 0.15) is 5.82 Å². The Morgan fingerprint density at radius 2 is 1.56 bits per heavy atom. The van der Waals surface area contributed by atoms with Gasteiger partial charge in [-0.1, -0.05) is 108 Å². The maximum absolute atomic E-state index is 12.6. The predicted octanol–water partition coefficient (Wildman–Crippen LogP) is 9.32. The molecule has 0 spiro atoms.